The molecule has 16 heteroatoms. The third-order valence-corrected chi connectivity index (χ3v) is 5.83. The minimum absolute atomic E-state index is 0. The Labute approximate surface area is 211 Å². The Hall–Kier alpha value is -3.20. The minimum atomic E-state index is -5.91. The molecule has 0 saturated heterocycles. The molecule has 1 N–H and O–H groups in total. The molecule has 192 valence electrons. The summed E-state index contributed by atoms with van der Waals surface area (Å²) in [5, 5.41) is 14.0. The van der Waals surface area contributed by atoms with Crippen molar-refractivity contribution in [2.45, 2.75) is 31.4 Å². The van der Waals surface area contributed by atoms with Gasteiger partial charge in [0.25, 0.3) is 0 Å². The lowest BCUT2D eigenvalue weighted by Crippen LogP contribution is -2.37. The summed E-state index contributed by atoms with van der Waals surface area (Å²) in [4.78, 5) is 4.21. The fourth-order valence-corrected chi connectivity index (χ4v) is 4.06. The number of aromatic nitrogens is 7. The molecule has 0 fully saturated rings. The van der Waals surface area contributed by atoms with E-state index in [0.717, 1.165) is 0 Å². The summed E-state index contributed by atoms with van der Waals surface area (Å²) in [7, 11) is 1.73. The molecular weight excluding hydrogens is 534 g/mol. The van der Waals surface area contributed by atoms with Crippen molar-refractivity contribution in [3.63, 3.8) is 0 Å². The molecule has 0 unspecified atom stereocenters. The van der Waals surface area contributed by atoms with Gasteiger partial charge in [0, 0.05) is 36.6 Å². The highest BCUT2D eigenvalue weighted by Gasteiger charge is 2.62. The fourth-order valence-electron chi connectivity index (χ4n) is 3.85. The molecule has 4 aromatic rings. The van der Waals surface area contributed by atoms with Crippen molar-refractivity contribution in [3.8, 4) is 22.6 Å². The zero-order valence-corrected chi connectivity index (χ0v) is 20.0. The van der Waals surface area contributed by atoms with Crippen molar-refractivity contribution in [3.05, 3.63) is 47.6 Å². The van der Waals surface area contributed by atoms with E-state index in [9.17, 15) is 26.3 Å². The van der Waals surface area contributed by atoms with Crippen molar-refractivity contribution < 1.29 is 26.3 Å². The van der Waals surface area contributed by atoms with Gasteiger partial charge in [-0.2, -0.15) is 40.5 Å². The van der Waals surface area contributed by atoms with Gasteiger partial charge in [-0.3, -0.25) is 4.68 Å². The maximum absolute atomic E-state index is 14.7. The van der Waals surface area contributed by atoms with Crippen LogP contribution in [-0.2, 0) is 26.1 Å². The Morgan fingerprint density at radius 2 is 1.86 bits per heavy atom. The Morgan fingerprint density at radius 3 is 2.53 bits per heavy atom. The Bertz CT molecular complexity index is 1410. The zero-order valence-electron chi connectivity index (χ0n) is 18.2. The predicted molar refractivity (Wildman–Crippen MR) is 123 cm³/mol. The standard InChI is InChI=1S/C20H15ClF6N8.H2S/c1-33-16(2-3-29-33)30-15-5-12(13(21)6-28-15)10-4-14-17-31-32-18(19(23,24)20(25,26)27)35(17)9-11(22)8-34(14)7-10;/h2-7,11H,8-9H2,1H3,(H,28,30);1H2/t11-;/m0./s1. The Morgan fingerprint density at radius 1 is 1.11 bits per heavy atom. The normalized spacial score (nSPS) is 15.6. The smallest absolute Gasteiger partial charge is 0.341 e. The second-order valence-corrected chi connectivity index (χ2v) is 8.32. The highest BCUT2D eigenvalue weighted by molar-refractivity contribution is 7.59. The number of pyridine rings is 1. The Balaban J connectivity index is 0.00000304. The number of nitrogens with one attached hydrogen (secondary N) is 1. The molecule has 0 bridgehead atoms. The van der Waals surface area contributed by atoms with Crippen LogP contribution in [0.3, 0.4) is 0 Å². The van der Waals surface area contributed by atoms with Gasteiger partial charge in [0.15, 0.2) is 5.82 Å². The highest BCUT2D eigenvalue weighted by Crippen LogP contribution is 2.44. The van der Waals surface area contributed by atoms with E-state index in [-0.39, 0.29) is 36.6 Å². The summed E-state index contributed by atoms with van der Waals surface area (Å²) in [6.45, 7) is -1.05. The second kappa shape index (κ2) is 9.03. The maximum atomic E-state index is 14.7. The number of alkyl halides is 6. The van der Waals surface area contributed by atoms with Crippen molar-refractivity contribution >= 4 is 36.7 Å². The van der Waals surface area contributed by atoms with Gasteiger partial charge in [-0.25, -0.2) is 9.37 Å². The van der Waals surface area contributed by atoms with Gasteiger partial charge in [-0.15, -0.1) is 10.2 Å². The predicted octanol–water partition coefficient (Wildman–Crippen LogP) is 5.06. The van der Waals surface area contributed by atoms with Crippen LogP contribution in [0.4, 0.5) is 38.0 Å². The van der Waals surface area contributed by atoms with Crippen molar-refractivity contribution in [2.75, 3.05) is 5.32 Å². The Kier molecular flexibility index (Phi) is 6.49. The molecule has 8 nitrogen and oxygen atoms in total. The van der Waals surface area contributed by atoms with Crippen LogP contribution in [0.15, 0.2) is 36.8 Å². The lowest BCUT2D eigenvalue weighted by atomic mass is 10.1. The monoisotopic (exact) mass is 550 g/mol. The maximum Gasteiger partial charge on any atom is 0.461 e. The quantitative estimate of drug-likeness (QED) is 0.360. The van der Waals surface area contributed by atoms with Crippen LogP contribution in [0.5, 0.6) is 0 Å². The summed E-state index contributed by atoms with van der Waals surface area (Å²) in [5.74, 6) is -6.22. The van der Waals surface area contributed by atoms with E-state index in [4.69, 9.17) is 11.6 Å². The largest absolute Gasteiger partial charge is 0.461 e. The molecule has 36 heavy (non-hydrogen) atoms. The summed E-state index contributed by atoms with van der Waals surface area (Å²) in [6.07, 6.45) is -3.19. The molecule has 0 spiro atoms. The first-order valence-electron chi connectivity index (χ1n) is 10.1. The SMILES string of the molecule is Cn1nccc1Nc1cc(-c2cc3n(c2)C[C@H](F)Cn2c-3nnc2C(F)(F)C(F)(F)F)c(Cl)cn1.S. The molecule has 0 aromatic carbocycles. The minimum Gasteiger partial charge on any atom is -0.341 e. The highest BCUT2D eigenvalue weighted by atomic mass is 35.5. The second-order valence-electron chi connectivity index (χ2n) is 7.91. The molecule has 0 radical (unpaired) electrons. The summed E-state index contributed by atoms with van der Waals surface area (Å²) in [6, 6.07) is 4.81. The fraction of sp³-hybridized carbons (Fsp3) is 0.300. The van der Waals surface area contributed by atoms with Crippen LogP contribution < -0.4 is 5.32 Å². The molecule has 0 amide bonds. The summed E-state index contributed by atoms with van der Waals surface area (Å²) >= 11 is 6.33. The third kappa shape index (κ3) is 4.30. The molecule has 0 saturated carbocycles. The average Bonchev–Trinajstić information content (AvgIpc) is 3.46. The van der Waals surface area contributed by atoms with E-state index >= 15 is 0 Å². The first-order chi connectivity index (χ1) is 16.5. The van der Waals surface area contributed by atoms with Gasteiger partial charge < -0.3 is 14.5 Å². The van der Waals surface area contributed by atoms with Crippen molar-refractivity contribution in [1.82, 2.24) is 34.1 Å². The van der Waals surface area contributed by atoms with Gasteiger partial charge in [-0.05, 0) is 12.1 Å². The van der Waals surface area contributed by atoms with E-state index in [1.54, 1.807) is 30.1 Å². The number of anilines is 2. The molecule has 1 atom stereocenters. The number of fused-ring (bicyclic) bond motifs is 3. The molecule has 5 heterocycles. The average molecular weight is 551 g/mol. The first-order valence-corrected chi connectivity index (χ1v) is 10.5. The summed E-state index contributed by atoms with van der Waals surface area (Å²) in [5.41, 5.74) is 1.04. The van der Waals surface area contributed by atoms with Crippen molar-refractivity contribution in [1.29, 1.82) is 0 Å². The molecule has 1 aliphatic rings. The van der Waals surface area contributed by atoms with Crippen molar-refractivity contribution in [2.24, 2.45) is 7.05 Å². The lowest BCUT2D eigenvalue weighted by molar-refractivity contribution is -0.293. The number of aryl methyl sites for hydroxylation is 1. The molecular formula is C20H17ClF6N8S. The number of halogens is 7. The number of hydrogen-bond acceptors (Lipinski definition) is 5. The van der Waals surface area contributed by atoms with E-state index in [0.29, 0.717) is 27.3 Å². The lowest BCUT2D eigenvalue weighted by Gasteiger charge is -2.20. The van der Waals surface area contributed by atoms with Gasteiger partial charge in [0.2, 0.25) is 5.82 Å². The number of hydrogen-bond donors (Lipinski definition) is 1. The van der Waals surface area contributed by atoms with E-state index < -0.39 is 30.6 Å². The van der Waals surface area contributed by atoms with Gasteiger partial charge in [-0.1, -0.05) is 11.6 Å². The number of rotatable bonds is 4. The van der Waals surface area contributed by atoms with Crippen LogP contribution in [-0.4, -0.2) is 46.4 Å². The molecule has 4 aromatic heterocycles. The molecule has 5 rings (SSSR count). The topological polar surface area (TPSA) is 78.4 Å². The van der Waals surface area contributed by atoms with Gasteiger partial charge in [0.1, 0.15) is 17.8 Å². The zero-order chi connectivity index (χ0) is 25.1. The third-order valence-electron chi connectivity index (χ3n) is 5.53. The van der Waals surface area contributed by atoms with Gasteiger partial charge >= 0.3 is 12.1 Å². The van der Waals surface area contributed by atoms with Crippen LogP contribution in [0, 0.1) is 0 Å². The van der Waals surface area contributed by atoms with Crippen LogP contribution >= 0.6 is 25.1 Å². The number of nitrogens with zero attached hydrogens (tertiary/aromatic N) is 7. The van der Waals surface area contributed by atoms with Gasteiger partial charge in [0.05, 0.1) is 30.0 Å². The first kappa shape index (κ1) is 25.9. The van der Waals surface area contributed by atoms with E-state index in [1.807, 2.05) is 0 Å². The van der Waals surface area contributed by atoms with Crippen LogP contribution in [0.25, 0.3) is 22.6 Å². The molecule has 0 aliphatic carbocycles. The summed E-state index contributed by atoms with van der Waals surface area (Å²) < 4.78 is 85.1. The van der Waals surface area contributed by atoms with E-state index in [1.165, 1.54) is 23.0 Å². The van der Waals surface area contributed by atoms with Crippen LogP contribution in [0.2, 0.25) is 5.02 Å². The van der Waals surface area contributed by atoms with Crippen LogP contribution in [0.1, 0.15) is 5.82 Å². The molecule has 1 aliphatic heterocycles. The van der Waals surface area contributed by atoms with E-state index in [2.05, 4.69) is 25.6 Å².